The topological polar surface area (TPSA) is 20.2 Å². The molecule has 3 atom stereocenters. The molecule has 0 aromatic carbocycles. The molecular weight excluding hydrogens is 112 g/mol. The molecular formula is C8H16O. The Hall–Kier alpha value is -0.0400. The van der Waals surface area contributed by atoms with Crippen molar-refractivity contribution in [3.8, 4) is 0 Å². The lowest BCUT2D eigenvalue weighted by molar-refractivity contribution is 0.0807. The van der Waals surface area contributed by atoms with Gasteiger partial charge in [0.15, 0.2) is 0 Å². The zero-order chi connectivity index (χ0) is 6.85. The number of aliphatic hydroxyl groups excluding tert-OH is 1. The molecule has 0 radical (unpaired) electrons. The summed E-state index contributed by atoms with van der Waals surface area (Å²) in [6.45, 7) is 4.50. The van der Waals surface area contributed by atoms with Gasteiger partial charge in [-0.2, -0.15) is 0 Å². The smallest absolute Gasteiger partial charge is 0.0543 e. The van der Waals surface area contributed by atoms with E-state index in [4.69, 9.17) is 0 Å². The number of rotatable bonds is 0. The number of aliphatic hydroxyl groups is 1. The largest absolute Gasteiger partial charge is 0.393 e. The third kappa shape index (κ3) is 1.68. The van der Waals surface area contributed by atoms with Crippen LogP contribution in [0, 0.1) is 11.8 Å². The first kappa shape index (κ1) is 7.07. The highest BCUT2D eigenvalue weighted by Gasteiger charge is 2.22. The molecule has 0 heterocycles. The van der Waals surface area contributed by atoms with Gasteiger partial charge in [-0.3, -0.25) is 0 Å². The normalized spacial score (nSPS) is 45.0. The van der Waals surface area contributed by atoms with E-state index < -0.39 is 0 Å². The van der Waals surface area contributed by atoms with Crippen LogP contribution in [0.4, 0.5) is 0 Å². The second kappa shape index (κ2) is 2.70. The van der Waals surface area contributed by atoms with Gasteiger partial charge in [-0.05, 0) is 31.1 Å². The van der Waals surface area contributed by atoms with Crippen LogP contribution in [0.5, 0.6) is 0 Å². The van der Waals surface area contributed by atoms with Crippen molar-refractivity contribution >= 4 is 0 Å². The summed E-state index contributed by atoms with van der Waals surface area (Å²) in [5.41, 5.74) is 0. The first-order valence-corrected chi connectivity index (χ1v) is 3.88. The van der Waals surface area contributed by atoms with Crippen molar-refractivity contribution in [1.29, 1.82) is 0 Å². The molecule has 1 rings (SSSR count). The lowest BCUT2D eigenvalue weighted by Crippen LogP contribution is -2.23. The van der Waals surface area contributed by atoms with E-state index in [9.17, 15) is 5.11 Å². The summed E-state index contributed by atoms with van der Waals surface area (Å²) in [6, 6.07) is 0. The van der Waals surface area contributed by atoms with E-state index in [1.54, 1.807) is 0 Å². The zero-order valence-corrected chi connectivity index (χ0v) is 6.30. The molecule has 0 bridgehead atoms. The maximum absolute atomic E-state index is 9.20. The molecule has 0 aromatic rings. The molecule has 1 N–H and O–H groups in total. The summed E-state index contributed by atoms with van der Waals surface area (Å²) in [7, 11) is 0. The molecule has 1 heteroatoms. The van der Waals surface area contributed by atoms with Crippen molar-refractivity contribution in [2.75, 3.05) is 0 Å². The number of hydrogen-bond acceptors (Lipinski definition) is 1. The van der Waals surface area contributed by atoms with Crippen LogP contribution in [0.15, 0.2) is 0 Å². The van der Waals surface area contributed by atoms with Crippen molar-refractivity contribution in [2.24, 2.45) is 11.8 Å². The Morgan fingerprint density at radius 1 is 1.11 bits per heavy atom. The monoisotopic (exact) mass is 128 g/mol. The molecule has 1 saturated carbocycles. The van der Waals surface area contributed by atoms with Gasteiger partial charge in [-0.25, -0.2) is 0 Å². The molecule has 1 fully saturated rings. The fourth-order valence-electron chi connectivity index (χ4n) is 1.52. The van der Waals surface area contributed by atoms with Gasteiger partial charge in [0.2, 0.25) is 0 Å². The summed E-state index contributed by atoms with van der Waals surface area (Å²) in [5, 5.41) is 9.20. The minimum Gasteiger partial charge on any atom is -0.393 e. The van der Waals surface area contributed by atoms with E-state index in [0.29, 0.717) is 0 Å². The number of hydrogen-bond donors (Lipinski definition) is 1. The van der Waals surface area contributed by atoms with E-state index in [-0.39, 0.29) is 6.10 Å². The Morgan fingerprint density at radius 2 is 1.78 bits per heavy atom. The van der Waals surface area contributed by atoms with Crippen molar-refractivity contribution < 1.29 is 5.11 Å². The van der Waals surface area contributed by atoms with E-state index in [2.05, 4.69) is 13.8 Å². The molecule has 9 heavy (non-hydrogen) atoms. The van der Waals surface area contributed by atoms with E-state index in [1.807, 2.05) is 0 Å². The van der Waals surface area contributed by atoms with Crippen LogP contribution in [0.2, 0.25) is 0 Å². The van der Waals surface area contributed by atoms with Gasteiger partial charge in [-0.15, -0.1) is 0 Å². The van der Waals surface area contributed by atoms with Gasteiger partial charge in [0.05, 0.1) is 6.10 Å². The van der Waals surface area contributed by atoms with Gasteiger partial charge < -0.3 is 5.11 Å². The lowest BCUT2D eigenvalue weighted by atomic mass is 9.80. The third-order valence-electron chi connectivity index (χ3n) is 2.57. The fourth-order valence-corrected chi connectivity index (χ4v) is 1.52. The predicted octanol–water partition coefficient (Wildman–Crippen LogP) is 1.80. The summed E-state index contributed by atoms with van der Waals surface area (Å²) in [6.07, 6.45) is 3.24. The molecule has 0 saturated heterocycles. The van der Waals surface area contributed by atoms with E-state index in [0.717, 1.165) is 24.7 Å². The molecule has 0 aliphatic heterocycles. The highest BCUT2D eigenvalue weighted by Crippen LogP contribution is 2.28. The zero-order valence-electron chi connectivity index (χ0n) is 6.30. The molecule has 0 amide bonds. The van der Waals surface area contributed by atoms with Gasteiger partial charge in [0.25, 0.3) is 0 Å². The Bertz CT molecular complexity index is 90.6. The third-order valence-corrected chi connectivity index (χ3v) is 2.57. The highest BCUT2D eigenvalue weighted by molar-refractivity contribution is 4.73. The van der Waals surface area contributed by atoms with Gasteiger partial charge >= 0.3 is 0 Å². The predicted molar refractivity (Wildman–Crippen MR) is 38.2 cm³/mol. The van der Waals surface area contributed by atoms with Gasteiger partial charge in [-0.1, -0.05) is 13.8 Å². The fraction of sp³-hybridized carbons (Fsp3) is 1.00. The quantitative estimate of drug-likeness (QED) is 0.527. The summed E-state index contributed by atoms with van der Waals surface area (Å²) < 4.78 is 0. The lowest BCUT2D eigenvalue weighted by Gasteiger charge is -2.28. The molecule has 0 aromatic heterocycles. The Labute approximate surface area is 57.1 Å². The maximum atomic E-state index is 9.20. The van der Waals surface area contributed by atoms with Crippen molar-refractivity contribution in [3.05, 3.63) is 0 Å². The van der Waals surface area contributed by atoms with Crippen LogP contribution in [-0.4, -0.2) is 11.2 Å². The molecule has 0 unspecified atom stereocenters. The van der Waals surface area contributed by atoms with Crippen LogP contribution in [0.1, 0.15) is 33.1 Å². The first-order valence-electron chi connectivity index (χ1n) is 3.88. The van der Waals surface area contributed by atoms with Crippen molar-refractivity contribution in [2.45, 2.75) is 39.2 Å². The van der Waals surface area contributed by atoms with E-state index >= 15 is 0 Å². The molecule has 1 nitrogen and oxygen atoms in total. The average Bonchev–Trinajstić information content (AvgIpc) is 1.80. The first-order chi connectivity index (χ1) is 4.20. The minimum absolute atomic E-state index is 0.00352. The standard InChI is InChI=1S/C8H16O/c1-6-3-4-8(9)5-7(6)2/h6-9H,3-5H2,1-2H3/t6-,7+,8+/m0/s1. The SMILES string of the molecule is C[C@@H]1C[C@H](O)CC[C@@H]1C. The molecule has 1 aliphatic carbocycles. The summed E-state index contributed by atoms with van der Waals surface area (Å²) in [4.78, 5) is 0. The average molecular weight is 128 g/mol. The molecule has 0 spiro atoms. The van der Waals surface area contributed by atoms with Gasteiger partial charge in [0.1, 0.15) is 0 Å². The van der Waals surface area contributed by atoms with Crippen LogP contribution in [0.3, 0.4) is 0 Å². The van der Waals surface area contributed by atoms with E-state index in [1.165, 1.54) is 6.42 Å². The Balaban J connectivity index is 2.35. The van der Waals surface area contributed by atoms with Crippen LogP contribution >= 0.6 is 0 Å². The highest BCUT2D eigenvalue weighted by atomic mass is 16.3. The summed E-state index contributed by atoms with van der Waals surface area (Å²) >= 11 is 0. The molecule has 1 aliphatic rings. The summed E-state index contributed by atoms with van der Waals surface area (Å²) in [5.74, 6) is 1.56. The molecule has 54 valence electrons. The Kier molecular flexibility index (Phi) is 2.12. The van der Waals surface area contributed by atoms with Crippen LogP contribution in [0.25, 0.3) is 0 Å². The Morgan fingerprint density at radius 3 is 2.22 bits per heavy atom. The maximum Gasteiger partial charge on any atom is 0.0543 e. The van der Waals surface area contributed by atoms with Gasteiger partial charge in [0, 0.05) is 0 Å². The second-order valence-electron chi connectivity index (χ2n) is 3.42. The van der Waals surface area contributed by atoms with Crippen molar-refractivity contribution in [1.82, 2.24) is 0 Å². The minimum atomic E-state index is -0.00352. The van der Waals surface area contributed by atoms with Crippen LogP contribution in [-0.2, 0) is 0 Å². The van der Waals surface area contributed by atoms with Crippen molar-refractivity contribution in [3.63, 3.8) is 0 Å². The second-order valence-corrected chi connectivity index (χ2v) is 3.42. The van der Waals surface area contributed by atoms with Crippen LogP contribution < -0.4 is 0 Å².